The van der Waals surface area contributed by atoms with Crippen molar-refractivity contribution in [2.45, 2.75) is 26.8 Å². The van der Waals surface area contributed by atoms with E-state index in [2.05, 4.69) is 15.6 Å². The zero-order chi connectivity index (χ0) is 19.7. The number of aromatic nitrogens is 3. The van der Waals surface area contributed by atoms with Crippen LogP contribution in [0.15, 0.2) is 41.9 Å². The van der Waals surface area contributed by atoms with Crippen LogP contribution in [0.3, 0.4) is 0 Å². The van der Waals surface area contributed by atoms with Crippen LogP contribution in [-0.4, -0.2) is 33.4 Å². The van der Waals surface area contributed by atoms with Gasteiger partial charge >= 0.3 is 0 Å². The van der Waals surface area contributed by atoms with Crippen LogP contribution in [0, 0.1) is 19.8 Å². The van der Waals surface area contributed by atoms with Gasteiger partial charge in [-0.25, -0.2) is 4.68 Å². The predicted octanol–water partition coefficient (Wildman–Crippen LogP) is 2.61. The van der Waals surface area contributed by atoms with Crippen LogP contribution in [0.2, 0.25) is 0 Å². The Kier molecular flexibility index (Phi) is 4.95. The molecule has 0 unspecified atom stereocenters. The van der Waals surface area contributed by atoms with Gasteiger partial charge in [0, 0.05) is 18.7 Å². The summed E-state index contributed by atoms with van der Waals surface area (Å²) in [6.07, 6.45) is 2.02. The normalized spacial score (nSPS) is 16.6. The molecule has 3 heterocycles. The minimum atomic E-state index is -0.360. The fraction of sp³-hybridized carbons (Fsp3) is 0.300. The number of hydrogen-bond donors (Lipinski definition) is 1. The number of benzene rings is 1. The molecule has 144 valence electrons. The molecule has 1 aliphatic heterocycles. The van der Waals surface area contributed by atoms with Gasteiger partial charge in [0.1, 0.15) is 10.7 Å². The van der Waals surface area contributed by atoms with E-state index in [4.69, 9.17) is 0 Å². The highest BCUT2D eigenvalue weighted by Gasteiger charge is 2.35. The Morgan fingerprint density at radius 1 is 1.29 bits per heavy atom. The van der Waals surface area contributed by atoms with Gasteiger partial charge in [0.05, 0.1) is 18.7 Å². The summed E-state index contributed by atoms with van der Waals surface area (Å²) in [5, 5.41) is 14.0. The van der Waals surface area contributed by atoms with Crippen molar-refractivity contribution in [2.75, 3.05) is 11.4 Å². The molecule has 0 spiro atoms. The molecule has 28 heavy (non-hydrogen) atoms. The maximum atomic E-state index is 12.6. The van der Waals surface area contributed by atoms with Gasteiger partial charge in [-0.3, -0.25) is 9.59 Å². The number of carbonyl (C=O) groups excluding carboxylic acids is 2. The van der Waals surface area contributed by atoms with Crippen LogP contribution in [0.25, 0.3) is 5.00 Å². The first-order valence-corrected chi connectivity index (χ1v) is 9.99. The molecule has 0 bridgehead atoms. The van der Waals surface area contributed by atoms with E-state index >= 15 is 0 Å². The summed E-state index contributed by atoms with van der Waals surface area (Å²) in [6, 6.07) is 9.83. The van der Waals surface area contributed by atoms with Crippen LogP contribution in [0.4, 0.5) is 5.69 Å². The van der Waals surface area contributed by atoms with Gasteiger partial charge in [0.15, 0.2) is 0 Å². The van der Waals surface area contributed by atoms with Gasteiger partial charge in [-0.05, 0) is 54.6 Å². The maximum Gasteiger partial charge on any atom is 0.227 e. The van der Waals surface area contributed by atoms with Crippen molar-refractivity contribution in [3.05, 3.63) is 58.7 Å². The molecular weight excluding hydrogens is 374 g/mol. The molecule has 2 amide bonds. The van der Waals surface area contributed by atoms with Gasteiger partial charge in [-0.15, -0.1) is 16.4 Å². The number of aryl methyl sites for hydroxylation is 2. The first kappa shape index (κ1) is 18.4. The maximum absolute atomic E-state index is 12.6. The van der Waals surface area contributed by atoms with E-state index in [1.165, 1.54) is 5.56 Å². The third-order valence-electron chi connectivity index (χ3n) is 5.01. The molecule has 1 aromatic carbocycles. The molecule has 8 heteroatoms. The van der Waals surface area contributed by atoms with Crippen molar-refractivity contribution in [3.63, 3.8) is 0 Å². The zero-order valence-corrected chi connectivity index (χ0v) is 16.6. The van der Waals surface area contributed by atoms with Crippen LogP contribution in [-0.2, 0) is 16.1 Å². The number of hydrogen-bond acceptors (Lipinski definition) is 5. The molecule has 0 aliphatic carbocycles. The largest absolute Gasteiger partial charge is 0.350 e. The zero-order valence-electron chi connectivity index (χ0n) is 15.8. The Morgan fingerprint density at radius 3 is 2.89 bits per heavy atom. The van der Waals surface area contributed by atoms with E-state index in [1.54, 1.807) is 27.1 Å². The molecule has 1 aliphatic rings. The van der Waals surface area contributed by atoms with Gasteiger partial charge < -0.3 is 10.2 Å². The predicted molar refractivity (Wildman–Crippen MR) is 107 cm³/mol. The third kappa shape index (κ3) is 3.68. The van der Waals surface area contributed by atoms with E-state index in [-0.39, 0.29) is 24.2 Å². The molecule has 3 aromatic rings. The van der Waals surface area contributed by atoms with E-state index in [1.807, 2.05) is 49.6 Å². The molecule has 7 nitrogen and oxygen atoms in total. The molecule has 0 saturated carbocycles. The van der Waals surface area contributed by atoms with Crippen LogP contribution in [0.5, 0.6) is 0 Å². The molecule has 1 atom stereocenters. The second-order valence-corrected chi connectivity index (χ2v) is 7.92. The Balaban J connectivity index is 1.36. The average Bonchev–Trinajstić information content (AvgIpc) is 3.42. The Bertz CT molecular complexity index is 1010. The molecule has 1 fully saturated rings. The van der Waals surface area contributed by atoms with E-state index in [0.29, 0.717) is 18.8 Å². The van der Waals surface area contributed by atoms with Crippen molar-refractivity contribution in [1.82, 2.24) is 20.3 Å². The van der Waals surface area contributed by atoms with Crippen molar-refractivity contribution in [1.29, 1.82) is 0 Å². The molecule has 4 rings (SSSR count). The van der Waals surface area contributed by atoms with Crippen molar-refractivity contribution < 1.29 is 9.59 Å². The van der Waals surface area contributed by atoms with E-state index in [9.17, 15) is 9.59 Å². The summed E-state index contributed by atoms with van der Waals surface area (Å²) in [4.78, 5) is 26.7. The highest BCUT2D eigenvalue weighted by atomic mass is 32.1. The fourth-order valence-corrected chi connectivity index (χ4v) is 3.89. The number of thiophene rings is 1. The first-order valence-electron chi connectivity index (χ1n) is 9.11. The summed E-state index contributed by atoms with van der Waals surface area (Å²) < 4.78 is 1.69. The smallest absolute Gasteiger partial charge is 0.227 e. The second kappa shape index (κ2) is 7.55. The number of amides is 2. The van der Waals surface area contributed by atoms with Gasteiger partial charge in [0.25, 0.3) is 0 Å². The fourth-order valence-electron chi connectivity index (χ4n) is 3.24. The summed E-state index contributed by atoms with van der Waals surface area (Å²) in [6.45, 7) is 4.75. The minimum Gasteiger partial charge on any atom is -0.350 e. The minimum absolute atomic E-state index is 0.0213. The molecule has 1 saturated heterocycles. The molecule has 2 aromatic heterocycles. The van der Waals surface area contributed by atoms with E-state index in [0.717, 1.165) is 16.3 Å². The number of rotatable bonds is 5. The van der Waals surface area contributed by atoms with Gasteiger partial charge in [-0.1, -0.05) is 11.3 Å². The van der Waals surface area contributed by atoms with Crippen LogP contribution in [0.1, 0.15) is 23.2 Å². The van der Waals surface area contributed by atoms with Crippen LogP contribution >= 0.6 is 11.3 Å². The second-order valence-electron chi connectivity index (χ2n) is 7.00. The first-order chi connectivity index (χ1) is 13.5. The average molecular weight is 395 g/mol. The molecule has 0 radical (unpaired) electrons. The summed E-state index contributed by atoms with van der Waals surface area (Å²) in [5.41, 5.74) is 3.84. The topological polar surface area (TPSA) is 80.1 Å². The molecule has 1 N–H and O–H groups in total. The number of nitrogens with zero attached hydrogens (tertiary/aromatic N) is 4. The van der Waals surface area contributed by atoms with Gasteiger partial charge in [0.2, 0.25) is 11.8 Å². The number of nitrogens with one attached hydrogen (secondary N) is 1. The van der Waals surface area contributed by atoms with Gasteiger partial charge in [-0.2, -0.15) is 0 Å². The Labute approximate surface area is 167 Å². The number of anilines is 1. The highest BCUT2D eigenvalue weighted by molar-refractivity contribution is 7.12. The third-order valence-corrected chi connectivity index (χ3v) is 5.87. The highest BCUT2D eigenvalue weighted by Crippen LogP contribution is 2.27. The van der Waals surface area contributed by atoms with Crippen molar-refractivity contribution in [2.24, 2.45) is 5.92 Å². The Morgan fingerprint density at radius 2 is 2.14 bits per heavy atom. The number of carbonyl (C=O) groups is 2. The lowest BCUT2D eigenvalue weighted by Gasteiger charge is -2.18. The lowest BCUT2D eigenvalue weighted by Crippen LogP contribution is -2.32. The SMILES string of the molecule is Cc1ccc(N2C[C@@H](C(=O)NCc3cn(-c4cccs4)nn3)CC2=O)cc1C. The van der Waals surface area contributed by atoms with E-state index < -0.39 is 0 Å². The standard InChI is InChI=1S/C20H21N5O2S/c1-13-5-6-17(8-14(13)2)24-11-15(9-18(24)26)20(27)21-10-16-12-25(23-22-16)19-4-3-7-28-19/h3-8,12,15H,9-11H2,1-2H3,(H,21,27)/t15-/m0/s1. The molecular formula is C20H21N5O2S. The summed E-state index contributed by atoms with van der Waals surface area (Å²) in [7, 11) is 0. The summed E-state index contributed by atoms with van der Waals surface area (Å²) >= 11 is 1.56. The summed E-state index contributed by atoms with van der Waals surface area (Å²) in [5.74, 6) is -0.515. The van der Waals surface area contributed by atoms with Crippen molar-refractivity contribution >= 4 is 28.8 Å². The van der Waals surface area contributed by atoms with Crippen LogP contribution < -0.4 is 10.2 Å². The quantitative estimate of drug-likeness (QED) is 0.720. The Hall–Kier alpha value is -3.00. The lowest BCUT2D eigenvalue weighted by molar-refractivity contribution is -0.126. The monoisotopic (exact) mass is 395 g/mol. The lowest BCUT2D eigenvalue weighted by atomic mass is 10.1. The van der Waals surface area contributed by atoms with Crippen molar-refractivity contribution in [3.8, 4) is 5.00 Å².